The van der Waals surface area contributed by atoms with Crippen LogP contribution in [0.2, 0.25) is 0 Å². The first-order valence-electron chi connectivity index (χ1n) is 11.0. The molecule has 1 saturated carbocycles. The minimum Gasteiger partial charge on any atom is -0.491 e. The molecule has 1 aromatic rings. The fraction of sp³-hybridized carbons (Fsp3) is 0.682. The minimum absolute atomic E-state index is 0.00978. The molecular weight excluding hydrogens is 404 g/mol. The first kappa shape index (κ1) is 23.0. The molecule has 30 heavy (non-hydrogen) atoms. The first-order chi connectivity index (χ1) is 14.3. The molecule has 0 spiro atoms. The lowest BCUT2D eigenvalue weighted by Gasteiger charge is -2.28. The predicted molar refractivity (Wildman–Crippen MR) is 117 cm³/mol. The average molecular weight is 439 g/mol. The van der Waals surface area contributed by atoms with Crippen LogP contribution >= 0.6 is 0 Å². The maximum absolute atomic E-state index is 12.6. The number of ether oxygens (including phenoxy) is 2. The molecule has 1 amide bonds. The second kappa shape index (κ2) is 10.6. The topological polar surface area (TPSA) is 93.7 Å². The normalized spacial score (nSPS) is 25.1. The Kier molecular flexibility index (Phi) is 8.13. The number of carbonyl (C=O) groups excluding carboxylic acids is 1. The van der Waals surface area contributed by atoms with Crippen molar-refractivity contribution in [2.45, 2.75) is 76.2 Å². The Hall–Kier alpha value is -1.64. The van der Waals surface area contributed by atoms with Gasteiger partial charge in [0.05, 0.1) is 11.4 Å². The molecule has 8 heteroatoms. The summed E-state index contributed by atoms with van der Waals surface area (Å²) in [5.41, 5.74) is 0.740. The monoisotopic (exact) mass is 438 g/mol. The van der Waals surface area contributed by atoms with Crippen LogP contribution in [0.1, 0.15) is 58.8 Å². The van der Waals surface area contributed by atoms with Crippen LogP contribution in [0.4, 0.5) is 5.69 Å². The Bertz CT molecular complexity index is 780. The minimum atomic E-state index is -3.27. The lowest BCUT2D eigenvalue weighted by Crippen LogP contribution is -2.42. The second-order valence-electron chi connectivity index (χ2n) is 8.57. The molecule has 0 aromatic heterocycles. The Morgan fingerprint density at radius 3 is 2.40 bits per heavy atom. The molecule has 0 radical (unpaired) electrons. The van der Waals surface area contributed by atoms with Crippen LogP contribution < -0.4 is 14.8 Å². The molecule has 1 heterocycles. The maximum Gasteiger partial charge on any atom is 0.227 e. The van der Waals surface area contributed by atoms with Gasteiger partial charge in [-0.15, -0.1) is 0 Å². The van der Waals surface area contributed by atoms with Gasteiger partial charge in [-0.1, -0.05) is 0 Å². The number of nitrogens with one attached hydrogen (secondary N) is 2. The van der Waals surface area contributed by atoms with E-state index in [4.69, 9.17) is 9.47 Å². The van der Waals surface area contributed by atoms with Gasteiger partial charge in [-0.25, -0.2) is 13.1 Å². The third kappa shape index (κ3) is 6.68. The predicted octanol–water partition coefficient (Wildman–Crippen LogP) is 3.46. The number of benzene rings is 1. The highest BCUT2D eigenvalue weighted by molar-refractivity contribution is 7.90. The number of rotatable bonds is 8. The van der Waals surface area contributed by atoms with Gasteiger partial charge >= 0.3 is 0 Å². The van der Waals surface area contributed by atoms with Crippen molar-refractivity contribution in [2.24, 2.45) is 5.92 Å². The van der Waals surface area contributed by atoms with E-state index in [2.05, 4.69) is 10.0 Å². The molecule has 1 aliphatic carbocycles. The fourth-order valence-corrected chi connectivity index (χ4v) is 4.82. The maximum atomic E-state index is 12.6. The van der Waals surface area contributed by atoms with Crippen LogP contribution in [0.5, 0.6) is 5.75 Å². The van der Waals surface area contributed by atoms with Gasteiger partial charge < -0.3 is 14.8 Å². The van der Waals surface area contributed by atoms with E-state index in [1.54, 1.807) is 13.8 Å². The van der Waals surface area contributed by atoms with Crippen molar-refractivity contribution in [1.29, 1.82) is 0 Å². The van der Waals surface area contributed by atoms with E-state index in [1.165, 1.54) is 6.42 Å². The highest BCUT2D eigenvalue weighted by Gasteiger charge is 2.29. The summed E-state index contributed by atoms with van der Waals surface area (Å²) >= 11 is 0. The van der Waals surface area contributed by atoms with Gasteiger partial charge in [-0.3, -0.25) is 4.79 Å². The van der Waals surface area contributed by atoms with E-state index in [1.807, 2.05) is 24.3 Å². The standard InChI is InChI=1S/C22H34N2O5S/c1-16(2)30(26,27)24-19-8-6-17(7-9-19)22(25)23-18-10-12-20(13-11-18)29-15-21-5-3-4-14-28-21/h10-13,16-17,19,21,24H,3-9,14-15H2,1-2H3,(H,23,25)/t17-,19-,21?. The Morgan fingerprint density at radius 2 is 1.80 bits per heavy atom. The van der Waals surface area contributed by atoms with Gasteiger partial charge in [0.15, 0.2) is 0 Å². The lowest BCUT2D eigenvalue weighted by molar-refractivity contribution is -0.120. The smallest absolute Gasteiger partial charge is 0.227 e. The van der Waals surface area contributed by atoms with Crippen LogP contribution in [-0.2, 0) is 19.6 Å². The molecule has 1 atom stereocenters. The van der Waals surface area contributed by atoms with Crippen molar-refractivity contribution in [3.8, 4) is 5.75 Å². The van der Waals surface area contributed by atoms with Crippen molar-refractivity contribution in [1.82, 2.24) is 4.72 Å². The molecule has 1 unspecified atom stereocenters. The first-order valence-corrected chi connectivity index (χ1v) is 12.5. The zero-order valence-electron chi connectivity index (χ0n) is 17.9. The van der Waals surface area contributed by atoms with Crippen LogP contribution in [0, 0.1) is 5.92 Å². The number of anilines is 1. The van der Waals surface area contributed by atoms with Gasteiger partial charge in [0, 0.05) is 24.3 Å². The number of carbonyl (C=O) groups is 1. The van der Waals surface area contributed by atoms with E-state index in [0.29, 0.717) is 32.3 Å². The lowest BCUT2D eigenvalue weighted by atomic mass is 9.86. The molecule has 168 valence electrons. The van der Waals surface area contributed by atoms with Crippen molar-refractivity contribution in [3.63, 3.8) is 0 Å². The Labute approximate surface area is 180 Å². The molecule has 2 N–H and O–H groups in total. The average Bonchev–Trinajstić information content (AvgIpc) is 2.74. The number of sulfonamides is 1. The van der Waals surface area contributed by atoms with Crippen LogP contribution in [0.25, 0.3) is 0 Å². The molecule has 1 aliphatic heterocycles. The summed E-state index contributed by atoms with van der Waals surface area (Å²) in [5, 5.41) is 2.52. The Balaban J connectivity index is 1.41. The summed E-state index contributed by atoms with van der Waals surface area (Å²) in [6.07, 6.45) is 6.23. The summed E-state index contributed by atoms with van der Waals surface area (Å²) in [5.74, 6) is 0.661. The van der Waals surface area contributed by atoms with E-state index in [0.717, 1.165) is 30.9 Å². The molecule has 7 nitrogen and oxygen atoms in total. The van der Waals surface area contributed by atoms with Gasteiger partial charge in [-0.05, 0) is 83.1 Å². The molecule has 2 fully saturated rings. The molecule has 3 rings (SSSR count). The van der Waals surface area contributed by atoms with Crippen LogP contribution in [0.3, 0.4) is 0 Å². The summed E-state index contributed by atoms with van der Waals surface area (Å²) in [7, 11) is -3.27. The van der Waals surface area contributed by atoms with E-state index in [9.17, 15) is 13.2 Å². The summed E-state index contributed by atoms with van der Waals surface area (Å²) in [6.45, 7) is 4.70. The summed E-state index contributed by atoms with van der Waals surface area (Å²) < 4.78 is 38.3. The van der Waals surface area contributed by atoms with E-state index >= 15 is 0 Å². The molecular formula is C22H34N2O5S. The second-order valence-corrected chi connectivity index (χ2v) is 10.8. The van der Waals surface area contributed by atoms with Gasteiger partial charge in [0.1, 0.15) is 12.4 Å². The van der Waals surface area contributed by atoms with Crippen molar-refractivity contribution >= 4 is 21.6 Å². The molecule has 1 aromatic carbocycles. The van der Waals surface area contributed by atoms with Crippen molar-refractivity contribution < 1.29 is 22.7 Å². The fourth-order valence-electron chi connectivity index (χ4n) is 3.85. The third-order valence-corrected chi connectivity index (χ3v) is 7.78. The van der Waals surface area contributed by atoms with Crippen molar-refractivity contribution in [2.75, 3.05) is 18.5 Å². The highest BCUT2D eigenvalue weighted by atomic mass is 32.2. The van der Waals surface area contributed by atoms with Crippen LogP contribution in [0.15, 0.2) is 24.3 Å². The Morgan fingerprint density at radius 1 is 1.10 bits per heavy atom. The number of hydrogen-bond acceptors (Lipinski definition) is 5. The van der Waals surface area contributed by atoms with Crippen molar-refractivity contribution in [3.05, 3.63) is 24.3 Å². The quantitative estimate of drug-likeness (QED) is 0.648. The van der Waals surface area contributed by atoms with E-state index in [-0.39, 0.29) is 24.0 Å². The summed E-state index contributed by atoms with van der Waals surface area (Å²) in [4.78, 5) is 12.6. The molecule has 0 bridgehead atoms. The largest absolute Gasteiger partial charge is 0.491 e. The number of amides is 1. The third-order valence-electron chi connectivity index (χ3n) is 5.88. The summed E-state index contributed by atoms with van der Waals surface area (Å²) in [6, 6.07) is 7.33. The van der Waals surface area contributed by atoms with Gasteiger partial charge in [0.2, 0.25) is 15.9 Å². The molecule has 2 aliphatic rings. The van der Waals surface area contributed by atoms with Crippen LogP contribution in [-0.4, -0.2) is 44.9 Å². The number of hydrogen-bond donors (Lipinski definition) is 2. The highest BCUT2D eigenvalue weighted by Crippen LogP contribution is 2.27. The van der Waals surface area contributed by atoms with Gasteiger partial charge in [-0.2, -0.15) is 0 Å². The zero-order valence-corrected chi connectivity index (χ0v) is 18.7. The van der Waals surface area contributed by atoms with Gasteiger partial charge in [0.25, 0.3) is 0 Å². The molecule has 1 saturated heterocycles. The van der Waals surface area contributed by atoms with E-state index < -0.39 is 15.3 Å². The SMILES string of the molecule is CC(C)S(=O)(=O)N[C@H]1CC[C@H](C(=O)Nc2ccc(OCC3CCCCO3)cc2)CC1. The zero-order chi connectivity index (χ0) is 21.6.